The quantitative estimate of drug-likeness (QED) is 0.778. The van der Waals surface area contributed by atoms with Crippen LogP contribution in [0.25, 0.3) is 0 Å². The number of hydrogen-bond acceptors (Lipinski definition) is 2. The second kappa shape index (κ2) is 5.00. The number of likely N-dealkylation sites (tertiary alicyclic amines) is 1. The Labute approximate surface area is 117 Å². The molecule has 2 aliphatic rings. The van der Waals surface area contributed by atoms with Gasteiger partial charge in [0.1, 0.15) is 5.82 Å². The minimum atomic E-state index is -0.486. The van der Waals surface area contributed by atoms with Crippen LogP contribution in [0, 0.1) is 11.2 Å². The average Bonchev–Trinajstić information content (AvgIpc) is 2.66. The van der Waals surface area contributed by atoms with Crippen LogP contribution >= 0.6 is 0 Å². The molecule has 1 aromatic carbocycles. The standard InChI is InChI=1S/C16H18FNO2/c17-13-7-3-2-6-12(13)11-18-14(19)10-16(15(18)20)8-4-1-5-9-16/h2-3,6-7H,1,4-5,8-11H2. The number of amides is 2. The summed E-state index contributed by atoms with van der Waals surface area (Å²) < 4.78 is 13.7. The lowest BCUT2D eigenvalue weighted by Crippen LogP contribution is -2.36. The fourth-order valence-electron chi connectivity index (χ4n) is 3.44. The van der Waals surface area contributed by atoms with E-state index in [1.807, 2.05) is 0 Å². The predicted octanol–water partition coefficient (Wildman–Crippen LogP) is 3.04. The van der Waals surface area contributed by atoms with Crippen LogP contribution in [0.4, 0.5) is 4.39 Å². The maximum Gasteiger partial charge on any atom is 0.236 e. The molecule has 2 fully saturated rings. The molecule has 1 aromatic rings. The molecular weight excluding hydrogens is 257 g/mol. The lowest BCUT2D eigenvalue weighted by Gasteiger charge is -2.30. The van der Waals surface area contributed by atoms with Gasteiger partial charge in [-0.3, -0.25) is 14.5 Å². The molecule has 0 aromatic heterocycles. The van der Waals surface area contributed by atoms with Crippen molar-refractivity contribution in [3.8, 4) is 0 Å². The normalized spacial score (nSPS) is 21.8. The van der Waals surface area contributed by atoms with Crippen molar-refractivity contribution >= 4 is 11.8 Å². The average molecular weight is 275 g/mol. The number of imide groups is 1. The van der Waals surface area contributed by atoms with Gasteiger partial charge in [0.15, 0.2) is 0 Å². The SMILES string of the molecule is O=C1CC2(CCCCC2)C(=O)N1Cc1ccccc1F. The molecule has 3 nitrogen and oxygen atoms in total. The Kier molecular flexibility index (Phi) is 3.32. The van der Waals surface area contributed by atoms with E-state index in [2.05, 4.69) is 0 Å². The molecule has 1 spiro atoms. The Morgan fingerprint density at radius 3 is 2.50 bits per heavy atom. The second-order valence-electron chi connectivity index (χ2n) is 5.89. The molecule has 0 unspecified atom stereocenters. The Morgan fingerprint density at radius 2 is 1.80 bits per heavy atom. The molecule has 1 aliphatic carbocycles. The molecule has 1 saturated carbocycles. The molecular formula is C16H18FNO2. The Balaban J connectivity index is 1.82. The van der Waals surface area contributed by atoms with Gasteiger partial charge in [-0.15, -0.1) is 0 Å². The first-order valence-electron chi connectivity index (χ1n) is 7.21. The van der Waals surface area contributed by atoms with Gasteiger partial charge in [0.25, 0.3) is 0 Å². The van der Waals surface area contributed by atoms with E-state index < -0.39 is 5.41 Å². The Morgan fingerprint density at radius 1 is 1.10 bits per heavy atom. The van der Waals surface area contributed by atoms with Gasteiger partial charge in [0.05, 0.1) is 12.0 Å². The minimum absolute atomic E-state index is 0.0616. The van der Waals surface area contributed by atoms with Gasteiger partial charge < -0.3 is 0 Å². The van der Waals surface area contributed by atoms with Crippen LogP contribution in [0.1, 0.15) is 44.1 Å². The fourth-order valence-corrected chi connectivity index (χ4v) is 3.44. The van der Waals surface area contributed by atoms with Crippen LogP contribution < -0.4 is 0 Å². The maximum atomic E-state index is 13.7. The summed E-state index contributed by atoms with van der Waals surface area (Å²) in [6.07, 6.45) is 5.05. The number of hydrogen-bond donors (Lipinski definition) is 0. The Bertz CT molecular complexity index is 549. The van der Waals surface area contributed by atoms with Gasteiger partial charge in [0.2, 0.25) is 11.8 Å². The molecule has 0 N–H and O–H groups in total. The monoisotopic (exact) mass is 275 g/mol. The highest BCUT2D eigenvalue weighted by Gasteiger charge is 2.51. The van der Waals surface area contributed by atoms with Gasteiger partial charge in [-0.05, 0) is 18.9 Å². The van der Waals surface area contributed by atoms with Gasteiger partial charge in [-0.1, -0.05) is 37.5 Å². The maximum absolute atomic E-state index is 13.7. The number of halogens is 1. The van der Waals surface area contributed by atoms with Gasteiger partial charge in [0, 0.05) is 12.0 Å². The largest absolute Gasteiger partial charge is 0.278 e. The summed E-state index contributed by atoms with van der Waals surface area (Å²) >= 11 is 0. The van der Waals surface area contributed by atoms with Gasteiger partial charge in [-0.2, -0.15) is 0 Å². The summed E-state index contributed by atoms with van der Waals surface area (Å²) in [5.41, 5.74) is -0.0808. The van der Waals surface area contributed by atoms with Crippen LogP contribution in [0.3, 0.4) is 0 Å². The molecule has 3 rings (SSSR count). The van der Waals surface area contributed by atoms with Crippen LogP contribution in [0.5, 0.6) is 0 Å². The first-order chi connectivity index (χ1) is 9.62. The van der Waals surface area contributed by atoms with Crippen LogP contribution in [0.15, 0.2) is 24.3 Å². The minimum Gasteiger partial charge on any atom is -0.278 e. The van der Waals surface area contributed by atoms with E-state index in [1.165, 1.54) is 11.0 Å². The third-order valence-electron chi connectivity index (χ3n) is 4.59. The smallest absolute Gasteiger partial charge is 0.236 e. The lowest BCUT2D eigenvalue weighted by molar-refractivity contribution is -0.142. The Hall–Kier alpha value is -1.71. The highest BCUT2D eigenvalue weighted by atomic mass is 19.1. The molecule has 106 valence electrons. The summed E-state index contributed by atoms with van der Waals surface area (Å²) in [7, 11) is 0. The van der Waals surface area contributed by atoms with Crippen molar-refractivity contribution in [2.45, 2.75) is 45.1 Å². The predicted molar refractivity (Wildman–Crippen MR) is 72.1 cm³/mol. The van der Waals surface area contributed by atoms with Crippen molar-refractivity contribution in [2.24, 2.45) is 5.41 Å². The van der Waals surface area contributed by atoms with Gasteiger partial charge in [-0.25, -0.2) is 4.39 Å². The molecule has 4 heteroatoms. The van der Waals surface area contributed by atoms with Crippen molar-refractivity contribution < 1.29 is 14.0 Å². The van der Waals surface area contributed by atoms with E-state index in [4.69, 9.17) is 0 Å². The van der Waals surface area contributed by atoms with Crippen LogP contribution in [-0.2, 0) is 16.1 Å². The molecule has 0 bridgehead atoms. The van der Waals surface area contributed by atoms with E-state index in [9.17, 15) is 14.0 Å². The summed E-state index contributed by atoms with van der Waals surface area (Å²) in [6, 6.07) is 6.31. The number of benzene rings is 1. The highest BCUT2D eigenvalue weighted by molar-refractivity contribution is 6.05. The zero-order chi connectivity index (χ0) is 14.2. The van der Waals surface area contributed by atoms with Crippen molar-refractivity contribution in [1.29, 1.82) is 0 Å². The third-order valence-corrected chi connectivity index (χ3v) is 4.59. The van der Waals surface area contributed by atoms with E-state index in [1.54, 1.807) is 18.2 Å². The summed E-state index contributed by atoms with van der Waals surface area (Å²) in [5.74, 6) is -0.608. The van der Waals surface area contributed by atoms with Crippen molar-refractivity contribution in [3.63, 3.8) is 0 Å². The van der Waals surface area contributed by atoms with E-state index in [0.717, 1.165) is 32.1 Å². The highest BCUT2D eigenvalue weighted by Crippen LogP contribution is 2.45. The number of rotatable bonds is 2. The van der Waals surface area contributed by atoms with Crippen molar-refractivity contribution in [1.82, 2.24) is 4.90 Å². The van der Waals surface area contributed by atoms with Crippen LogP contribution in [0.2, 0.25) is 0 Å². The lowest BCUT2D eigenvalue weighted by atomic mass is 9.73. The fraction of sp³-hybridized carbons (Fsp3) is 0.500. The summed E-state index contributed by atoms with van der Waals surface area (Å²) in [4.78, 5) is 26.0. The van der Waals surface area contributed by atoms with Crippen molar-refractivity contribution in [2.75, 3.05) is 0 Å². The van der Waals surface area contributed by atoms with Crippen LogP contribution in [-0.4, -0.2) is 16.7 Å². The van der Waals surface area contributed by atoms with E-state index in [0.29, 0.717) is 12.0 Å². The van der Waals surface area contributed by atoms with Gasteiger partial charge >= 0.3 is 0 Å². The van der Waals surface area contributed by atoms with E-state index >= 15 is 0 Å². The topological polar surface area (TPSA) is 37.4 Å². The number of nitrogens with zero attached hydrogens (tertiary/aromatic N) is 1. The zero-order valence-corrected chi connectivity index (χ0v) is 11.4. The number of carbonyl (C=O) groups excluding carboxylic acids is 2. The molecule has 1 aliphatic heterocycles. The zero-order valence-electron chi connectivity index (χ0n) is 11.4. The molecule has 20 heavy (non-hydrogen) atoms. The second-order valence-corrected chi connectivity index (χ2v) is 5.89. The summed E-state index contributed by atoms with van der Waals surface area (Å²) in [6.45, 7) is 0.0616. The first-order valence-corrected chi connectivity index (χ1v) is 7.21. The molecule has 1 heterocycles. The van der Waals surface area contributed by atoms with E-state index in [-0.39, 0.29) is 24.2 Å². The van der Waals surface area contributed by atoms with Crippen molar-refractivity contribution in [3.05, 3.63) is 35.6 Å². The number of carbonyl (C=O) groups is 2. The molecule has 0 radical (unpaired) electrons. The third kappa shape index (κ3) is 2.13. The summed E-state index contributed by atoms with van der Waals surface area (Å²) in [5, 5.41) is 0. The molecule has 1 saturated heterocycles. The molecule has 2 amide bonds. The molecule has 0 atom stereocenters. The first kappa shape index (κ1) is 13.3.